The molecule has 37 heavy (non-hydrogen) atoms. The maximum atomic E-state index is 13.0. The van der Waals surface area contributed by atoms with Crippen molar-refractivity contribution in [1.29, 1.82) is 0 Å². The van der Waals surface area contributed by atoms with Crippen molar-refractivity contribution in [3.05, 3.63) is 39.8 Å². The molecule has 1 aromatic carbocycles. The lowest BCUT2D eigenvalue weighted by molar-refractivity contribution is -0.116. The fourth-order valence-electron chi connectivity index (χ4n) is 4.70. The van der Waals surface area contributed by atoms with Gasteiger partial charge in [0, 0.05) is 11.3 Å². The minimum atomic E-state index is -0.343. The Bertz CT molecular complexity index is 1070. The Balaban J connectivity index is 1.71. The number of unbranched alkanes of at least 4 members (excludes halogenated alkanes) is 1. The lowest BCUT2D eigenvalue weighted by Crippen LogP contribution is -2.26. The van der Waals surface area contributed by atoms with Crippen LogP contribution in [0.5, 0.6) is 11.5 Å². The molecule has 1 aromatic heterocycles. The van der Waals surface area contributed by atoms with Crippen molar-refractivity contribution in [3.8, 4) is 11.5 Å². The van der Waals surface area contributed by atoms with Crippen LogP contribution in [-0.2, 0) is 28.8 Å². The van der Waals surface area contributed by atoms with Crippen LogP contribution >= 0.6 is 11.3 Å². The SMILES string of the molecule is CCCCOc1ccc(CCC(=O)Nc2sc3c(c2C(=O)OCC)CCC(C(C)(C)C)C3)cc1OCC. The Morgan fingerprint density at radius 1 is 1.08 bits per heavy atom. The number of esters is 1. The molecule has 2 aromatic rings. The van der Waals surface area contributed by atoms with Gasteiger partial charge in [0.1, 0.15) is 5.00 Å². The van der Waals surface area contributed by atoms with E-state index in [0.29, 0.717) is 54.9 Å². The highest BCUT2D eigenvalue weighted by Gasteiger charge is 2.34. The lowest BCUT2D eigenvalue weighted by atomic mass is 9.72. The third-order valence-electron chi connectivity index (χ3n) is 6.93. The highest BCUT2D eigenvalue weighted by Crippen LogP contribution is 2.44. The zero-order valence-corrected chi connectivity index (χ0v) is 24.1. The van der Waals surface area contributed by atoms with Crippen molar-refractivity contribution in [1.82, 2.24) is 0 Å². The van der Waals surface area contributed by atoms with E-state index < -0.39 is 0 Å². The second kappa shape index (κ2) is 13.3. The van der Waals surface area contributed by atoms with E-state index >= 15 is 0 Å². The molecule has 0 bridgehead atoms. The number of ether oxygens (including phenoxy) is 3. The van der Waals surface area contributed by atoms with E-state index in [4.69, 9.17) is 14.2 Å². The summed E-state index contributed by atoms with van der Waals surface area (Å²) in [6, 6.07) is 5.86. The maximum Gasteiger partial charge on any atom is 0.341 e. The predicted molar refractivity (Wildman–Crippen MR) is 150 cm³/mol. The zero-order valence-electron chi connectivity index (χ0n) is 23.3. The van der Waals surface area contributed by atoms with Crippen LogP contribution in [0.3, 0.4) is 0 Å². The van der Waals surface area contributed by atoms with Crippen LogP contribution in [0.4, 0.5) is 5.00 Å². The molecule has 1 unspecified atom stereocenters. The first-order chi connectivity index (χ1) is 17.7. The number of hydrogen-bond acceptors (Lipinski definition) is 6. The summed E-state index contributed by atoms with van der Waals surface area (Å²) in [5.74, 6) is 1.54. The summed E-state index contributed by atoms with van der Waals surface area (Å²) in [6.45, 7) is 14.2. The average molecular weight is 530 g/mol. The molecule has 0 saturated heterocycles. The summed E-state index contributed by atoms with van der Waals surface area (Å²) in [4.78, 5) is 27.1. The number of fused-ring (bicyclic) bond motifs is 1. The molecule has 204 valence electrons. The van der Waals surface area contributed by atoms with Gasteiger partial charge >= 0.3 is 5.97 Å². The number of aryl methyl sites for hydroxylation is 1. The Kier molecular flexibility index (Phi) is 10.4. The molecule has 1 amide bonds. The molecular weight excluding hydrogens is 486 g/mol. The van der Waals surface area contributed by atoms with Gasteiger partial charge in [0.05, 0.1) is 25.4 Å². The fraction of sp³-hybridized carbons (Fsp3) is 0.600. The van der Waals surface area contributed by atoms with E-state index in [-0.39, 0.29) is 17.3 Å². The van der Waals surface area contributed by atoms with Gasteiger partial charge < -0.3 is 19.5 Å². The third-order valence-corrected chi connectivity index (χ3v) is 8.10. The normalized spacial score (nSPS) is 15.1. The minimum Gasteiger partial charge on any atom is -0.490 e. The second-order valence-corrected chi connectivity index (χ2v) is 11.8. The Labute approximate surface area is 226 Å². The van der Waals surface area contributed by atoms with Crippen LogP contribution in [0.15, 0.2) is 18.2 Å². The van der Waals surface area contributed by atoms with Gasteiger partial charge in [-0.3, -0.25) is 4.79 Å². The van der Waals surface area contributed by atoms with Crippen LogP contribution in [0.1, 0.15) is 93.6 Å². The van der Waals surface area contributed by atoms with Crippen molar-refractivity contribution in [2.24, 2.45) is 11.3 Å². The number of rotatable bonds is 12. The summed E-state index contributed by atoms with van der Waals surface area (Å²) in [7, 11) is 0. The highest BCUT2D eigenvalue weighted by molar-refractivity contribution is 7.17. The molecule has 1 heterocycles. The van der Waals surface area contributed by atoms with Crippen molar-refractivity contribution < 1.29 is 23.8 Å². The molecule has 0 saturated carbocycles. The molecule has 7 heteroatoms. The molecule has 6 nitrogen and oxygen atoms in total. The number of carbonyl (C=O) groups excluding carboxylic acids is 2. The van der Waals surface area contributed by atoms with Gasteiger partial charge in [0.15, 0.2) is 11.5 Å². The zero-order chi connectivity index (χ0) is 27.0. The van der Waals surface area contributed by atoms with E-state index in [0.717, 1.165) is 49.0 Å². The Morgan fingerprint density at radius 3 is 2.54 bits per heavy atom. The quantitative estimate of drug-likeness (QED) is 0.232. The van der Waals surface area contributed by atoms with Crippen molar-refractivity contribution in [2.45, 2.75) is 86.5 Å². The molecule has 1 N–H and O–H groups in total. The van der Waals surface area contributed by atoms with Gasteiger partial charge in [-0.25, -0.2) is 4.79 Å². The molecule has 3 rings (SSSR count). The van der Waals surface area contributed by atoms with Crippen LogP contribution in [0, 0.1) is 11.3 Å². The molecule has 0 aliphatic heterocycles. The van der Waals surface area contributed by atoms with Crippen LogP contribution < -0.4 is 14.8 Å². The second-order valence-electron chi connectivity index (χ2n) is 10.7. The van der Waals surface area contributed by atoms with Crippen molar-refractivity contribution in [3.63, 3.8) is 0 Å². The van der Waals surface area contributed by atoms with E-state index in [1.165, 1.54) is 16.2 Å². The van der Waals surface area contributed by atoms with Crippen LogP contribution in [0.25, 0.3) is 0 Å². The molecule has 0 radical (unpaired) electrons. The van der Waals surface area contributed by atoms with E-state index in [1.807, 2.05) is 25.1 Å². The smallest absolute Gasteiger partial charge is 0.341 e. The predicted octanol–water partition coefficient (Wildman–Crippen LogP) is 7.22. The number of anilines is 1. The Morgan fingerprint density at radius 2 is 1.86 bits per heavy atom. The Hall–Kier alpha value is -2.54. The molecule has 0 spiro atoms. The van der Waals surface area contributed by atoms with Gasteiger partial charge in [0.25, 0.3) is 0 Å². The van der Waals surface area contributed by atoms with Gasteiger partial charge in [-0.15, -0.1) is 11.3 Å². The molecule has 1 aliphatic carbocycles. The molecular formula is C30H43NO5S. The number of benzene rings is 1. The van der Waals surface area contributed by atoms with E-state index in [2.05, 4.69) is 33.0 Å². The lowest BCUT2D eigenvalue weighted by Gasteiger charge is -2.33. The van der Waals surface area contributed by atoms with Crippen molar-refractivity contribution in [2.75, 3.05) is 25.1 Å². The summed E-state index contributed by atoms with van der Waals surface area (Å²) < 4.78 is 17.0. The van der Waals surface area contributed by atoms with Crippen molar-refractivity contribution >= 4 is 28.2 Å². The first-order valence-corrected chi connectivity index (χ1v) is 14.5. The molecule has 1 aliphatic rings. The largest absolute Gasteiger partial charge is 0.490 e. The highest BCUT2D eigenvalue weighted by atomic mass is 32.1. The maximum absolute atomic E-state index is 13.0. The summed E-state index contributed by atoms with van der Waals surface area (Å²) in [5.41, 5.74) is 2.81. The third kappa shape index (κ3) is 7.73. The summed E-state index contributed by atoms with van der Waals surface area (Å²) in [5, 5.41) is 3.66. The van der Waals surface area contributed by atoms with E-state index in [1.54, 1.807) is 6.92 Å². The van der Waals surface area contributed by atoms with Gasteiger partial charge in [-0.05, 0) is 80.5 Å². The first kappa shape index (κ1) is 29.0. The van der Waals surface area contributed by atoms with Gasteiger partial charge in [-0.1, -0.05) is 40.2 Å². The minimum absolute atomic E-state index is 0.113. The summed E-state index contributed by atoms with van der Waals surface area (Å²) in [6.07, 6.45) is 5.73. The number of carbonyl (C=O) groups is 2. The number of amides is 1. The van der Waals surface area contributed by atoms with Crippen LogP contribution in [-0.4, -0.2) is 31.7 Å². The number of thiophene rings is 1. The summed E-state index contributed by atoms with van der Waals surface area (Å²) >= 11 is 1.54. The van der Waals surface area contributed by atoms with Gasteiger partial charge in [0.2, 0.25) is 5.91 Å². The fourth-order valence-corrected chi connectivity index (χ4v) is 6.03. The number of hydrogen-bond donors (Lipinski definition) is 1. The monoisotopic (exact) mass is 529 g/mol. The topological polar surface area (TPSA) is 73.9 Å². The number of nitrogens with one attached hydrogen (secondary N) is 1. The van der Waals surface area contributed by atoms with Crippen LogP contribution in [0.2, 0.25) is 0 Å². The first-order valence-electron chi connectivity index (χ1n) is 13.7. The van der Waals surface area contributed by atoms with E-state index in [9.17, 15) is 9.59 Å². The average Bonchev–Trinajstić information content (AvgIpc) is 3.20. The molecule has 0 fully saturated rings. The molecule has 1 atom stereocenters. The van der Waals surface area contributed by atoms with Gasteiger partial charge in [-0.2, -0.15) is 0 Å². The standard InChI is InChI=1S/C30H43NO5S/c1-7-10-17-36-23-15-11-20(18-24(23)34-8-2)12-16-26(32)31-28-27(29(33)35-9-3)22-14-13-21(30(4,5)6)19-25(22)37-28/h11,15,18,21H,7-10,12-14,16-17,19H2,1-6H3,(H,31,32).